The summed E-state index contributed by atoms with van der Waals surface area (Å²) in [7, 11) is 0. The molecule has 166 valence electrons. The van der Waals surface area contributed by atoms with Crippen LogP contribution in [0.4, 0.5) is 5.69 Å². The van der Waals surface area contributed by atoms with Gasteiger partial charge in [0.1, 0.15) is 12.3 Å². The number of H-pyrrole nitrogens is 2. The number of rotatable bonds is 8. The molecule has 3 rings (SSSR count). The van der Waals surface area contributed by atoms with Crippen LogP contribution in [0, 0.1) is 10.1 Å². The van der Waals surface area contributed by atoms with Gasteiger partial charge in [-0.1, -0.05) is 41.4 Å². The minimum absolute atomic E-state index is 0.229. The maximum absolute atomic E-state index is 11.7. The van der Waals surface area contributed by atoms with Crippen molar-refractivity contribution in [2.45, 2.75) is 13.5 Å². The van der Waals surface area contributed by atoms with Gasteiger partial charge in [0.05, 0.1) is 16.6 Å². The second kappa shape index (κ2) is 10.2. The topological polar surface area (TPSA) is 127 Å². The van der Waals surface area contributed by atoms with Crippen LogP contribution in [0.1, 0.15) is 23.7 Å². The van der Waals surface area contributed by atoms with Gasteiger partial charge in [-0.05, 0) is 48.4 Å². The van der Waals surface area contributed by atoms with Gasteiger partial charge in [0.15, 0.2) is 11.5 Å². The van der Waals surface area contributed by atoms with E-state index in [0.717, 1.165) is 5.56 Å². The van der Waals surface area contributed by atoms with Crippen molar-refractivity contribution in [1.82, 2.24) is 9.97 Å². The summed E-state index contributed by atoms with van der Waals surface area (Å²) in [6, 6.07) is 10.3. The van der Waals surface area contributed by atoms with E-state index in [9.17, 15) is 19.7 Å². The zero-order chi connectivity index (χ0) is 23.3. The summed E-state index contributed by atoms with van der Waals surface area (Å²) in [6.07, 6.45) is 2.69. The molecular weight excluding hydrogens is 461 g/mol. The Bertz CT molecular complexity index is 1280. The van der Waals surface area contributed by atoms with Gasteiger partial charge in [0.2, 0.25) is 0 Å². The van der Waals surface area contributed by atoms with E-state index < -0.39 is 21.9 Å². The van der Waals surface area contributed by atoms with Crippen LogP contribution in [0.2, 0.25) is 10.0 Å². The summed E-state index contributed by atoms with van der Waals surface area (Å²) in [5, 5.41) is 12.0. The number of nitrogens with zero attached hydrogens (tertiary/aromatic N) is 1. The van der Waals surface area contributed by atoms with E-state index in [-0.39, 0.29) is 17.3 Å². The molecule has 3 aromatic rings. The highest BCUT2D eigenvalue weighted by atomic mass is 35.5. The molecule has 0 aliphatic heterocycles. The average molecular weight is 478 g/mol. The molecule has 2 N–H and O–H groups in total. The van der Waals surface area contributed by atoms with E-state index in [0.29, 0.717) is 28.7 Å². The summed E-state index contributed by atoms with van der Waals surface area (Å²) in [5.74, 6) is 0.693. The fraction of sp³-hybridized carbons (Fsp3) is 0.143. The molecule has 32 heavy (non-hydrogen) atoms. The number of aromatic amines is 2. The highest BCUT2D eigenvalue weighted by molar-refractivity contribution is 6.32. The van der Waals surface area contributed by atoms with Gasteiger partial charge >= 0.3 is 16.9 Å². The molecule has 0 atom stereocenters. The minimum atomic E-state index is -1.10. The molecule has 0 aliphatic rings. The first kappa shape index (κ1) is 23.1. The Morgan fingerprint density at radius 3 is 2.44 bits per heavy atom. The van der Waals surface area contributed by atoms with E-state index in [4.69, 9.17) is 32.7 Å². The van der Waals surface area contributed by atoms with Crippen LogP contribution in [0.15, 0.2) is 46.0 Å². The van der Waals surface area contributed by atoms with E-state index in [2.05, 4.69) is 4.98 Å². The Hall–Kier alpha value is -3.56. The van der Waals surface area contributed by atoms with Crippen LogP contribution in [0.5, 0.6) is 11.5 Å². The summed E-state index contributed by atoms with van der Waals surface area (Å²) < 4.78 is 11.5. The van der Waals surface area contributed by atoms with Crippen molar-refractivity contribution in [3.05, 3.63) is 94.2 Å². The van der Waals surface area contributed by atoms with Crippen LogP contribution in [-0.4, -0.2) is 21.5 Å². The van der Waals surface area contributed by atoms with Crippen molar-refractivity contribution in [3.8, 4) is 11.5 Å². The lowest BCUT2D eigenvalue weighted by Crippen LogP contribution is -2.25. The lowest BCUT2D eigenvalue weighted by molar-refractivity contribution is -0.386. The van der Waals surface area contributed by atoms with Gasteiger partial charge in [0.25, 0.3) is 0 Å². The molecule has 0 saturated heterocycles. The van der Waals surface area contributed by atoms with E-state index in [1.165, 1.54) is 12.2 Å². The average Bonchev–Trinajstić information content (AvgIpc) is 2.72. The predicted molar refractivity (Wildman–Crippen MR) is 122 cm³/mol. The Morgan fingerprint density at radius 2 is 1.78 bits per heavy atom. The van der Waals surface area contributed by atoms with Crippen LogP contribution in [0.25, 0.3) is 12.2 Å². The molecule has 0 bridgehead atoms. The highest BCUT2D eigenvalue weighted by Gasteiger charge is 2.19. The maximum atomic E-state index is 11.7. The number of ether oxygens (including phenoxy) is 2. The first-order valence-corrected chi connectivity index (χ1v) is 10.1. The molecule has 0 radical (unpaired) electrons. The number of halogens is 2. The van der Waals surface area contributed by atoms with Crippen molar-refractivity contribution < 1.29 is 14.4 Å². The molecule has 1 heterocycles. The molecule has 1 aromatic heterocycles. The van der Waals surface area contributed by atoms with Crippen molar-refractivity contribution in [3.63, 3.8) is 0 Å². The molecule has 0 unspecified atom stereocenters. The minimum Gasteiger partial charge on any atom is -0.490 e. The van der Waals surface area contributed by atoms with Crippen molar-refractivity contribution in [2.24, 2.45) is 0 Å². The Morgan fingerprint density at radius 1 is 1.06 bits per heavy atom. The summed E-state index contributed by atoms with van der Waals surface area (Å²) in [5.41, 5.74) is -1.60. The zero-order valence-corrected chi connectivity index (χ0v) is 18.2. The molecule has 0 spiro atoms. The predicted octanol–water partition coefficient (Wildman–Crippen LogP) is 4.43. The van der Waals surface area contributed by atoms with E-state index in [1.54, 1.807) is 31.2 Å². The van der Waals surface area contributed by atoms with Gasteiger partial charge in [-0.15, -0.1) is 0 Å². The third-order valence-electron chi connectivity index (χ3n) is 4.20. The molecular formula is C21H17Cl2N3O6. The number of aromatic nitrogens is 2. The normalized spacial score (nSPS) is 11.0. The van der Waals surface area contributed by atoms with Crippen molar-refractivity contribution in [2.75, 3.05) is 6.61 Å². The van der Waals surface area contributed by atoms with Gasteiger partial charge in [-0.25, -0.2) is 4.79 Å². The first-order chi connectivity index (χ1) is 15.3. The third kappa shape index (κ3) is 5.57. The lowest BCUT2D eigenvalue weighted by atomic mass is 10.1. The Kier molecular flexibility index (Phi) is 7.34. The second-order valence-electron chi connectivity index (χ2n) is 6.44. The number of nitrogens with one attached hydrogen (secondary N) is 2. The van der Waals surface area contributed by atoms with Crippen molar-refractivity contribution in [1.29, 1.82) is 0 Å². The number of nitro groups is 1. The van der Waals surface area contributed by atoms with Crippen LogP contribution in [0.3, 0.4) is 0 Å². The lowest BCUT2D eigenvalue weighted by Gasteiger charge is -2.14. The SMILES string of the molecule is CCOc1cc(C=Cc2[nH]c(=O)[nH]c(=O)c2[N+](=O)[O-])cc(Cl)c1OCc1ccc(Cl)cc1. The first-order valence-electron chi connectivity index (χ1n) is 9.31. The van der Waals surface area contributed by atoms with Gasteiger partial charge in [0, 0.05) is 5.02 Å². The Balaban J connectivity index is 1.92. The molecule has 0 fully saturated rings. The monoisotopic (exact) mass is 477 g/mol. The maximum Gasteiger partial charge on any atom is 0.357 e. The summed E-state index contributed by atoms with van der Waals surface area (Å²) in [4.78, 5) is 37.6. The smallest absolute Gasteiger partial charge is 0.357 e. The van der Waals surface area contributed by atoms with Crippen LogP contribution < -0.4 is 20.7 Å². The molecule has 0 aliphatic carbocycles. The molecule has 11 heteroatoms. The van der Waals surface area contributed by atoms with Gasteiger partial charge in [-0.2, -0.15) is 0 Å². The standard InChI is InChI=1S/C21H17Cl2N3O6/c1-2-31-17-10-13(5-8-16-18(26(29)30)20(27)25-21(28)24-16)9-15(23)19(17)32-11-12-3-6-14(22)7-4-12/h3-10H,2,11H2,1H3,(H2,24,25,27,28). The molecule has 0 amide bonds. The number of benzene rings is 2. The van der Waals surface area contributed by atoms with Gasteiger partial charge in [-0.3, -0.25) is 19.9 Å². The molecule has 0 saturated carbocycles. The fourth-order valence-electron chi connectivity index (χ4n) is 2.80. The second-order valence-corrected chi connectivity index (χ2v) is 7.28. The molecule has 2 aromatic carbocycles. The van der Waals surface area contributed by atoms with Crippen molar-refractivity contribution >= 4 is 41.0 Å². The third-order valence-corrected chi connectivity index (χ3v) is 4.73. The van der Waals surface area contributed by atoms with Crippen LogP contribution in [-0.2, 0) is 6.61 Å². The van der Waals surface area contributed by atoms with Gasteiger partial charge < -0.3 is 14.5 Å². The Labute approximate surface area is 191 Å². The summed E-state index contributed by atoms with van der Waals surface area (Å²) in [6.45, 7) is 2.36. The fourth-order valence-corrected chi connectivity index (χ4v) is 3.20. The molecule has 9 nitrogen and oxygen atoms in total. The number of hydrogen-bond donors (Lipinski definition) is 2. The van der Waals surface area contributed by atoms with E-state index in [1.807, 2.05) is 17.1 Å². The largest absolute Gasteiger partial charge is 0.490 e. The zero-order valence-electron chi connectivity index (χ0n) is 16.7. The summed E-state index contributed by atoms with van der Waals surface area (Å²) >= 11 is 12.3. The highest BCUT2D eigenvalue weighted by Crippen LogP contribution is 2.38. The van der Waals surface area contributed by atoms with Crippen LogP contribution >= 0.6 is 23.2 Å². The number of hydrogen-bond acceptors (Lipinski definition) is 6. The van der Waals surface area contributed by atoms with E-state index >= 15 is 0 Å². The quantitative estimate of drug-likeness (QED) is 0.364.